The molecule has 2 aromatic rings. The summed E-state index contributed by atoms with van der Waals surface area (Å²) in [7, 11) is 0. The largest absolute Gasteiger partial charge is 0.220 e. The van der Waals surface area contributed by atoms with Gasteiger partial charge in [-0.1, -0.05) is 55.4 Å². The van der Waals surface area contributed by atoms with Gasteiger partial charge in [0.05, 0.1) is 0 Å². The molecule has 0 radical (unpaired) electrons. The zero-order chi connectivity index (χ0) is 13.0. The van der Waals surface area contributed by atoms with E-state index in [0.717, 1.165) is 17.5 Å². The van der Waals surface area contributed by atoms with E-state index in [9.17, 15) is 0 Å². The number of benzene rings is 1. The van der Waals surface area contributed by atoms with Crippen molar-refractivity contribution in [3.05, 3.63) is 35.4 Å². The molecule has 4 nitrogen and oxygen atoms in total. The minimum absolute atomic E-state index is 0.548. The van der Waals surface area contributed by atoms with Crippen LogP contribution in [0.1, 0.15) is 25.0 Å². The Hall–Kier alpha value is -1.36. The molecular weight excluding hydrogens is 244 g/mol. The first kappa shape index (κ1) is 13.1. The van der Waals surface area contributed by atoms with Gasteiger partial charge < -0.3 is 0 Å². The predicted octanol–water partition coefficient (Wildman–Crippen LogP) is 2.93. The summed E-state index contributed by atoms with van der Waals surface area (Å²) in [5, 5.41) is 12.7. The molecule has 0 atom stereocenters. The zero-order valence-corrected chi connectivity index (χ0v) is 11.8. The predicted molar refractivity (Wildman–Crippen MR) is 73.4 cm³/mol. The number of hydrogen-bond donors (Lipinski definition) is 0. The fourth-order valence-corrected chi connectivity index (χ4v) is 2.44. The highest BCUT2D eigenvalue weighted by molar-refractivity contribution is 7.98. The molecule has 0 N–H and O–H groups in total. The minimum atomic E-state index is 0.548. The number of aromatic nitrogens is 4. The second-order valence-electron chi connectivity index (χ2n) is 4.81. The van der Waals surface area contributed by atoms with Crippen LogP contribution in [0.3, 0.4) is 0 Å². The Morgan fingerprint density at radius 2 is 1.94 bits per heavy atom. The van der Waals surface area contributed by atoms with E-state index in [1.54, 1.807) is 11.8 Å². The monoisotopic (exact) mass is 262 g/mol. The lowest BCUT2D eigenvalue weighted by Crippen LogP contribution is -2.07. The number of thioether (sulfide) groups is 1. The van der Waals surface area contributed by atoms with Gasteiger partial charge in [0.25, 0.3) is 0 Å². The van der Waals surface area contributed by atoms with Crippen LogP contribution in [0.25, 0.3) is 0 Å². The van der Waals surface area contributed by atoms with E-state index in [1.807, 2.05) is 4.68 Å². The molecule has 0 amide bonds. The molecule has 0 saturated heterocycles. The molecule has 1 heterocycles. The summed E-state index contributed by atoms with van der Waals surface area (Å²) in [6, 6.07) is 8.57. The van der Waals surface area contributed by atoms with Crippen molar-refractivity contribution in [2.45, 2.75) is 38.2 Å². The molecule has 0 bridgehead atoms. The summed E-state index contributed by atoms with van der Waals surface area (Å²) in [6.45, 7) is 7.29. The summed E-state index contributed by atoms with van der Waals surface area (Å²) >= 11 is 1.68. The summed E-state index contributed by atoms with van der Waals surface area (Å²) in [4.78, 5) is 0. The highest BCUT2D eigenvalue weighted by Gasteiger charge is 2.08. The van der Waals surface area contributed by atoms with Crippen LogP contribution >= 0.6 is 11.8 Å². The van der Waals surface area contributed by atoms with E-state index < -0.39 is 0 Å². The quantitative estimate of drug-likeness (QED) is 0.777. The second-order valence-corrected chi connectivity index (χ2v) is 5.75. The van der Waals surface area contributed by atoms with Crippen molar-refractivity contribution in [2.24, 2.45) is 5.92 Å². The van der Waals surface area contributed by atoms with Crippen LogP contribution < -0.4 is 0 Å². The van der Waals surface area contributed by atoms with Crippen LogP contribution in [0.5, 0.6) is 0 Å². The van der Waals surface area contributed by atoms with Gasteiger partial charge in [-0.2, -0.15) is 0 Å². The standard InChI is InChI=1S/C13H18N4S/c1-10(2)8-17-13(14-15-16-17)18-9-12-6-4-11(3)5-7-12/h4-7,10H,8-9H2,1-3H3. The van der Waals surface area contributed by atoms with Gasteiger partial charge in [-0.15, -0.1) is 5.10 Å². The molecule has 1 aromatic carbocycles. The van der Waals surface area contributed by atoms with E-state index in [1.165, 1.54) is 11.1 Å². The third-order valence-electron chi connectivity index (χ3n) is 2.53. The lowest BCUT2D eigenvalue weighted by Gasteiger charge is -2.06. The lowest BCUT2D eigenvalue weighted by atomic mass is 10.2. The molecule has 0 spiro atoms. The normalized spacial score (nSPS) is 11.1. The number of nitrogens with zero attached hydrogens (tertiary/aromatic N) is 4. The summed E-state index contributed by atoms with van der Waals surface area (Å²) in [5.41, 5.74) is 2.58. The highest BCUT2D eigenvalue weighted by atomic mass is 32.2. The third kappa shape index (κ3) is 3.57. The Balaban J connectivity index is 1.97. The Morgan fingerprint density at radius 3 is 2.61 bits per heavy atom. The van der Waals surface area contributed by atoms with E-state index >= 15 is 0 Å². The van der Waals surface area contributed by atoms with Crippen molar-refractivity contribution in [1.29, 1.82) is 0 Å². The van der Waals surface area contributed by atoms with Gasteiger partial charge in [-0.05, 0) is 28.8 Å². The first-order valence-electron chi connectivity index (χ1n) is 6.09. The molecule has 96 valence electrons. The Labute approximate surface area is 112 Å². The Kier molecular flexibility index (Phi) is 4.36. The zero-order valence-electron chi connectivity index (χ0n) is 11.0. The first-order chi connectivity index (χ1) is 8.65. The van der Waals surface area contributed by atoms with Crippen molar-refractivity contribution in [2.75, 3.05) is 0 Å². The van der Waals surface area contributed by atoms with Gasteiger partial charge in [0.1, 0.15) is 0 Å². The highest BCUT2D eigenvalue weighted by Crippen LogP contribution is 2.20. The molecule has 0 aliphatic rings. The number of aryl methyl sites for hydroxylation is 1. The number of tetrazole rings is 1. The van der Waals surface area contributed by atoms with Crippen LogP contribution in [-0.2, 0) is 12.3 Å². The van der Waals surface area contributed by atoms with Crippen molar-refractivity contribution in [3.8, 4) is 0 Å². The van der Waals surface area contributed by atoms with E-state index in [4.69, 9.17) is 0 Å². The maximum atomic E-state index is 4.07. The minimum Gasteiger partial charge on any atom is -0.220 e. The van der Waals surface area contributed by atoms with Crippen molar-refractivity contribution >= 4 is 11.8 Å². The van der Waals surface area contributed by atoms with Crippen molar-refractivity contribution < 1.29 is 0 Å². The van der Waals surface area contributed by atoms with Crippen molar-refractivity contribution in [3.63, 3.8) is 0 Å². The van der Waals surface area contributed by atoms with E-state index in [-0.39, 0.29) is 0 Å². The molecule has 18 heavy (non-hydrogen) atoms. The molecule has 0 fully saturated rings. The van der Waals surface area contributed by atoms with Gasteiger partial charge >= 0.3 is 0 Å². The lowest BCUT2D eigenvalue weighted by molar-refractivity contribution is 0.446. The Bertz CT molecular complexity index is 490. The molecule has 0 saturated carbocycles. The van der Waals surface area contributed by atoms with E-state index in [2.05, 4.69) is 60.6 Å². The summed E-state index contributed by atoms with van der Waals surface area (Å²) in [5.74, 6) is 1.45. The first-order valence-corrected chi connectivity index (χ1v) is 7.08. The third-order valence-corrected chi connectivity index (χ3v) is 3.55. The van der Waals surface area contributed by atoms with Crippen LogP contribution in [0, 0.1) is 12.8 Å². The van der Waals surface area contributed by atoms with Crippen LogP contribution in [0.15, 0.2) is 29.4 Å². The van der Waals surface area contributed by atoms with Gasteiger partial charge in [-0.25, -0.2) is 4.68 Å². The fraction of sp³-hybridized carbons (Fsp3) is 0.462. The SMILES string of the molecule is Cc1ccc(CSc2nnnn2CC(C)C)cc1. The van der Waals surface area contributed by atoms with Gasteiger partial charge in [0.2, 0.25) is 5.16 Å². The van der Waals surface area contributed by atoms with E-state index in [0.29, 0.717) is 5.92 Å². The maximum Gasteiger partial charge on any atom is 0.209 e. The molecule has 1 aromatic heterocycles. The van der Waals surface area contributed by atoms with Gasteiger partial charge in [0, 0.05) is 12.3 Å². The van der Waals surface area contributed by atoms with Crippen LogP contribution in [0.4, 0.5) is 0 Å². The van der Waals surface area contributed by atoms with Crippen LogP contribution in [-0.4, -0.2) is 20.2 Å². The topological polar surface area (TPSA) is 43.6 Å². The smallest absolute Gasteiger partial charge is 0.209 e. The van der Waals surface area contributed by atoms with Gasteiger partial charge in [0.15, 0.2) is 0 Å². The Morgan fingerprint density at radius 1 is 1.22 bits per heavy atom. The van der Waals surface area contributed by atoms with Gasteiger partial charge in [-0.3, -0.25) is 0 Å². The molecule has 0 aliphatic heterocycles. The second kappa shape index (κ2) is 6.00. The van der Waals surface area contributed by atoms with Crippen LogP contribution in [0.2, 0.25) is 0 Å². The maximum absolute atomic E-state index is 4.07. The molecule has 0 unspecified atom stereocenters. The molecule has 0 aliphatic carbocycles. The molecular formula is C13H18N4S. The summed E-state index contributed by atoms with van der Waals surface area (Å²) < 4.78 is 1.88. The summed E-state index contributed by atoms with van der Waals surface area (Å²) in [6.07, 6.45) is 0. The number of rotatable bonds is 5. The average molecular weight is 262 g/mol. The number of hydrogen-bond acceptors (Lipinski definition) is 4. The van der Waals surface area contributed by atoms with Crippen molar-refractivity contribution in [1.82, 2.24) is 20.2 Å². The molecule has 5 heteroatoms. The average Bonchev–Trinajstić information content (AvgIpc) is 2.75. The fourth-order valence-electron chi connectivity index (χ4n) is 1.59. The molecule has 2 rings (SSSR count).